The zero-order chi connectivity index (χ0) is 11.8. The van der Waals surface area contributed by atoms with Gasteiger partial charge in [0.15, 0.2) is 10.6 Å². The molecular weight excluding hydrogens is 244 g/mol. The number of hydrogen-bond acceptors (Lipinski definition) is 5. The zero-order valence-corrected chi connectivity index (χ0v) is 10.6. The Morgan fingerprint density at radius 1 is 1.62 bits per heavy atom. The summed E-state index contributed by atoms with van der Waals surface area (Å²) >= 11 is 6.73. The van der Waals surface area contributed by atoms with E-state index in [0.717, 1.165) is 5.01 Å². The van der Waals surface area contributed by atoms with Gasteiger partial charge in [-0.2, -0.15) is 5.10 Å². The Morgan fingerprint density at radius 2 is 2.38 bits per heavy atom. The minimum atomic E-state index is -0.406. The topological polar surface area (TPSA) is 66.7 Å². The molecule has 0 saturated carbocycles. The predicted octanol–water partition coefficient (Wildman–Crippen LogP) is 1.67. The van der Waals surface area contributed by atoms with Crippen LogP contribution in [-0.2, 0) is 12.1 Å². The van der Waals surface area contributed by atoms with Crippen LogP contribution in [0.5, 0.6) is 0 Å². The summed E-state index contributed by atoms with van der Waals surface area (Å²) in [5.74, 6) is 0.519. The molecule has 0 atom stereocenters. The van der Waals surface area contributed by atoms with Gasteiger partial charge in [0.05, 0.1) is 5.54 Å². The van der Waals surface area contributed by atoms with Crippen molar-refractivity contribution in [3.8, 4) is 0 Å². The Hall–Kier alpha value is -1.05. The molecule has 2 N–H and O–H groups in total. The van der Waals surface area contributed by atoms with E-state index in [9.17, 15) is 5.11 Å². The molecule has 0 bridgehead atoms. The second kappa shape index (κ2) is 4.08. The molecule has 16 heavy (non-hydrogen) atoms. The van der Waals surface area contributed by atoms with E-state index in [-0.39, 0.29) is 6.61 Å². The minimum Gasteiger partial charge on any atom is -0.388 e. The Balaban J connectivity index is 2.59. The van der Waals surface area contributed by atoms with E-state index >= 15 is 0 Å². The molecule has 0 aliphatic carbocycles. The molecule has 2 heterocycles. The lowest BCUT2D eigenvalue weighted by Crippen LogP contribution is -2.29. The maximum atomic E-state index is 9.23. The van der Waals surface area contributed by atoms with E-state index in [4.69, 9.17) is 12.2 Å². The number of rotatable bonds is 3. The summed E-state index contributed by atoms with van der Waals surface area (Å²) in [6.07, 6.45) is 1.75. The molecule has 0 aromatic carbocycles. The Labute approximate surface area is 102 Å². The van der Waals surface area contributed by atoms with Gasteiger partial charge in [-0.05, 0) is 26.1 Å². The highest BCUT2D eigenvalue weighted by molar-refractivity contribution is 7.71. The van der Waals surface area contributed by atoms with Crippen molar-refractivity contribution in [2.75, 3.05) is 0 Å². The van der Waals surface area contributed by atoms with Gasteiger partial charge in [0.2, 0.25) is 0 Å². The molecule has 7 heteroatoms. The molecule has 2 rings (SSSR count). The van der Waals surface area contributed by atoms with E-state index in [2.05, 4.69) is 15.2 Å². The predicted molar refractivity (Wildman–Crippen MR) is 63.9 cm³/mol. The van der Waals surface area contributed by atoms with Gasteiger partial charge < -0.3 is 5.11 Å². The van der Waals surface area contributed by atoms with E-state index in [1.165, 1.54) is 0 Å². The SMILES string of the molecule is CC(C)(c1nccs1)n1c(CO)n[nH]c1=S. The lowest BCUT2D eigenvalue weighted by atomic mass is 10.1. The van der Waals surface area contributed by atoms with Gasteiger partial charge in [0.1, 0.15) is 11.6 Å². The Morgan fingerprint density at radius 3 is 2.94 bits per heavy atom. The number of aliphatic hydroxyl groups excluding tert-OH is 1. The molecule has 0 aliphatic heterocycles. The fourth-order valence-corrected chi connectivity index (χ4v) is 2.76. The molecule has 86 valence electrons. The van der Waals surface area contributed by atoms with Crippen LogP contribution in [0, 0.1) is 4.77 Å². The van der Waals surface area contributed by atoms with Crippen molar-refractivity contribution >= 4 is 23.6 Å². The number of hydrogen-bond donors (Lipinski definition) is 2. The van der Waals surface area contributed by atoms with Crippen molar-refractivity contribution in [1.29, 1.82) is 0 Å². The highest BCUT2D eigenvalue weighted by atomic mass is 32.1. The molecule has 2 aromatic rings. The molecule has 0 aliphatic rings. The summed E-state index contributed by atoms with van der Waals surface area (Å²) < 4.78 is 2.28. The van der Waals surface area contributed by atoms with Crippen LogP contribution in [0.4, 0.5) is 0 Å². The van der Waals surface area contributed by atoms with Gasteiger partial charge in [0.25, 0.3) is 0 Å². The lowest BCUT2D eigenvalue weighted by molar-refractivity contribution is 0.253. The van der Waals surface area contributed by atoms with Crippen LogP contribution < -0.4 is 0 Å². The van der Waals surface area contributed by atoms with E-state index in [1.807, 2.05) is 19.2 Å². The molecule has 0 fully saturated rings. The van der Waals surface area contributed by atoms with Crippen molar-refractivity contribution in [1.82, 2.24) is 19.7 Å². The number of aromatic nitrogens is 4. The van der Waals surface area contributed by atoms with Gasteiger partial charge in [0, 0.05) is 11.6 Å². The van der Waals surface area contributed by atoms with Gasteiger partial charge in [-0.15, -0.1) is 11.3 Å². The first-order chi connectivity index (χ1) is 7.57. The number of nitrogens with zero attached hydrogens (tertiary/aromatic N) is 3. The summed E-state index contributed by atoms with van der Waals surface area (Å²) in [7, 11) is 0. The van der Waals surface area contributed by atoms with Crippen LogP contribution in [0.2, 0.25) is 0 Å². The molecule has 2 aromatic heterocycles. The number of H-pyrrole nitrogens is 1. The van der Waals surface area contributed by atoms with Crippen LogP contribution in [-0.4, -0.2) is 24.9 Å². The van der Waals surface area contributed by atoms with Crippen molar-refractivity contribution < 1.29 is 5.11 Å². The van der Waals surface area contributed by atoms with Crippen molar-refractivity contribution in [2.45, 2.75) is 26.0 Å². The normalized spacial score (nSPS) is 11.9. The zero-order valence-electron chi connectivity index (χ0n) is 8.97. The second-order valence-corrected chi connectivity index (χ2v) is 5.12. The van der Waals surface area contributed by atoms with Gasteiger partial charge in [-0.3, -0.25) is 9.67 Å². The third-order valence-corrected chi connectivity index (χ3v) is 3.76. The van der Waals surface area contributed by atoms with Crippen molar-refractivity contribution in [2.24, 2.45) is 0 Å². The molecule has 0 amide bonds. The number of thiazole rings is 1. The average molecular weight is 256 g/mol. The Bertz CT molecular complexity index is 526. The quantitative estimate of drug-likeness (QED) is 0.820. The first-order valence-electron chi connectivity index (χ1n) is 4.75. The maximum absolute atomic E-state index is 9.23. The van der Waals surface area contributed by atoms with Crippen LogP contribution in [0.25, 0.3) is 0 Å². The lowest BCUT2D eigenvalue weighted by Gasteiger charge is -2.25. The molecule has 0 spiro atoms. The molecule has 5 nitrogen and oxygen atoms in total. The Kier molecular flexibility index (Phi) is 2.92. The minimum absolute atomic E-state index is 0.151. The van der Waals surface area contributed by atoms with Crippen LogP contribution in [0.3, 0.4) is 0 Å². The third-order valence-electron chi connectivity index (χ3n) is 2.40. The smallest absolute Gasteiger partial charge is 0.196 e. The highest BCUT2D eigenvalue weighted by Crippen LogP contribution is 2.28. The van der Waals surface area contributed by atoms with Gasteiger partial charge in [-0.25, -0.2) is 4.98 Å². The summed E-state index contributed by atoms with van der Waals surface area (Å²) in [5, 5.41) is 18.7. The third kappa shape index (κ3) is 1.70. The fourth-order valence-electron chi connectivity index (χ4n) is 1.63. The van der Waals surface area contributed by atoms with Crippen LogP contribution in [0.1, 0.15) is 24.7 Å². The van der Waals surface area contributed by atoms with Gasteiger partial charge >= 0.3 is 0 Å². The van der Waals surface area contributed by atoms with Crippen molar-refractivity contribution in [3.63, 3.8) is 0 Å². The standard InChI is InChI=1S/C9H12N4OS2/c1-9(2,7-10-3-4-16-7)13-6(5-14)11-12-8(13)15/h3-4,14H,5H2,1-2H3,(H,12,15). The molecular formula is C9H12N4OS2. The van der Waals surface area contributed by atoms with Crippen molar-refractivity contribution in [3.05, 3.63) is 27.2 Å². The number of aliphatic hydroxyl groups is 1. The average Bonchev–Trinajstić information content (AvgIpc) is 2.85. The summed E-state index contributed by atoms with van der Waals surface area (Å²) in [4.78, 5) is 4.29. The second-order valence-electron chi connectivity index (χ2n) is 3.83. The largest absolute Gasteiger partial charge is 0.388 e. The summed E-state index contributed by atoms with van der Waals surface area (Å²) in [6.45, 7) is 3.84. The van der Waals surface area contributed by atoms with Gasteiger partial charge in [-0.1, -0.05) is 0 Å². The van der Waals surface area contributed by atoms with Crippen LogP contribution in [0.15, 0.2) is 11.6 Å². The molecule has 0 saturated heterocycles. The summed E-state index contributed by atoms with van der Waals surface area (Å²) in [5.41, 5.74) is -0.406. The highest BCUT2D eigenvalue weighted by Gasteiger charge is 2.29. The van der Waals surface area contributed by atoms with E-state index < -0.39 is 5.54 Å². The monoisotopic (exact) mass is 256 g/mol. The fraction of sp³-hybridized carbons (Fsp3) is 0.444. The summed E-state index contributed by atoms with van der Waals surface area (Å²) in [6, 6.07) is 0. The van der Waals surface area contributed by atoms with E-state index in [1.54, 1.807) is 22.1 Å². The first-order valence-corrected chi connectivity index (χ1v) is 6.03. The maximum Gasteiger partial charge on any atom is 0.196 e. The number of aromatic amines is 1. The van der Waals surface area contributed by atoms with Crippen LogP contribution >= 0.6 is 23.6 Å². The number of nitrogens with one attached hydrogen (secondary N) is 1. The van der Waals surface area contributed by atoms with E-state index in [0.29, 0.717) is 10.6 Å². The molecule has 0 radical (unpaired) electrons. The first kappa shape index (κ1) is 11.4. The molecule has 0 unspecified atom stereocenters.